The van der Waals surface area contributed by atoms with Crippen LogP contribution in [0.5, 0.6) is 0 Å². The van der Waals surface area contributed by atoms with Crippen LogP contribution in [0, 0.1) is 5.41 Å². The quantitative estimate of drug-likeness (QED) is 0.737. The van der Waals surface area contributed by atoms with Crippen molar-refractivity contribution in [3.8, 4) is 0 Å². The smallest absolute Gasteiger partial charge is 0.211 e. The summed E-state index contributed by atoms with van der Waals surface area (Å²) in [7, 11) is -3.09. The minimum absolute atomic E-state index is 0.0144. The van der Waals surface area contributed by atoms with Crippen LogP contribution in [-0.4, -0.2) is 55.3 Å². The lowest BCUT2D eigenvalue weighted by molar-refractivity contribution is 0.189. The molecule has 1 heterocycles. The minimum atomic E-state index is -3.09. The van der Waals surface area contributed by atoms with Crippen LogP contribution < -0.4 is 0 Å². The largest absolute Gasteiger partial charge is 0.374 e. The molecule has 0 amide bonds. The van der Waals surface area contributed by atoms with Crippen molar-refractivity contribution in [2.45, 2.75) is 19.9 Å². The Kier molecular flexibility index (Phi) is 4.09. The number of rotatable bonds is 3. The van der Waals surface area contributed by atoms with Gasteiger partial charge in [0.25, 0.3) is 0 Å². The molecule has 1 saturated heterocycles. The van der Waals surface area contributed by atoms with Crippen LogP contribution >= 0.6 is 0 Å². The Balaban J connectivity index is 2.62. The van der Waals surface area contributed by atoms with Crippen molar-refractivity contribution >= 4 is 15.7 Å². The monoisotopic (exact) mass is 245 g/mol. The van der Waals surface area contributed by atoms with E-state index in [1.807, 2.05) is 18.0 Å². The molecule has 16 heavy (non-hydrogen) atoms. The Labute approximate surface area is 97.3 Å². The second kappa shape index (κ2) is 4.97. The standard InChI is InChI=1S/C10H19N3O2S/c1-9(11)4-5-12-6-7-13(10(2)8-12)16(3,14)15/h4-5,10-11H,6-8H2,1-3H3/b5-4+,11-9?/t10-/m0/s1. The number of nitrogens with zero attached hydrogens (tertiary/aromatic N) is 2. The third-order valence-electron chi connectivity index (χ3n) is 2.56. The molecule has 0 aromatic rings. The van der Waals surface area contributed by atoms with E-state index in [9.17, 15) is 8.42 Å². The van der Waals surface area contributed by atoms with E-state index in [0.29, 0.717) is 25.3 Å². The highest BCUT2D eigenvalue weighted by Crippen LogP contribution is 2.13. The summed E-state index contributed by atoms with van der Waals surface area (Å²) < 4.78 is 24.4. The molecule has 0 bridgehead atoms. The molecule has 0 saturated carbocycles. The fourth-order valence-electron chi connectivity index (χ4n) is 1.81. The molecule has 6 heteroatoms. The molecule has 1 aliphatic heterocycles. The summed E-state index contributed by atoms with van der Waals surface area (Å²) in [5, 5.41) is 7.28. The molecule has 0 aromatic carbocycles. The molecule has 1 atom stereocenters. The van der Waals surface area contributed by atoms with Crippen molar-refractivity contribution in [2.24, 2.45) is 0 Å². The Bertz CT molecular complexity index is 389. The molecule has 1 N–H and O–H groups in total. The number of hydrogen-bond acceptors (Lipinski definition) is 4. The number of sulfonamides is 1. The fourth-order valence-corrected chi connectivity index (χ4v) is 2.95. The second-order valence-corrected chi connectivity index (χ2v) is 6.15. The van der Waals surface area contributed by atoms with Gasteiger partial charge in [-0.15, -0.1) is 0 Å². The average molecular weight is 245 g/mol. The van der Waals surface area contributed by atoms with Gasteiger partial charge >= 0.3 is 0 Å². The van der Waals surface area contributed by atoms with Crippen LogP contribution in [0.2, 0.25) is 0 Å². The van der Waals surface area contributed by atoms with Crippen LogP contribution in [0.15, 0.2) is 12.3 Å². The highest BCUT2D eigenvalue weighted by molar-refractivity contribution is 7.88. The first-order valence-electron chi connectivity index (χ1n) is 5.25. The molecule has 1 aliphatic rings. The lowest BCUT2D eigenvalue weighted by Gasteiger charge is -2.37. The van der Waals surface area contributed by atoms with E-state index in [0.717, 1.165) is 0 Å². The summed E-state index contributed by atoms with van der Waals surface area (Å²) in [6.45, 7) is 5.49. The number of piperazine rings is 1. The van der Waals surface area contributed by atoms with Gasteiger partial charge in [0.1, 0.15) is 0 Å². The molecule has 92 valence electrons. The number of nitrogens with one attached hydrogen (secondary N) is 1. The van der Waals surface area contributed by atoms with Gasteiger partial charge in [0.15, 0.2) is 0 Å². The van der Waals surface area contributed by atoms with Gasteiger partial charge < -0.3 is 10.3 Å². The molecule has 5 nitrogen and oxygen atoms in total. The van der Waals surface area contributed by atoms with Gasteiger partial charge in [0.2, 0.25) is 10.0 Å². The maximum atomic E-state index is 11.4. The third-order valence-corrected chi connectivity index (χ3v) is 3.95. The first kappa shape index (κ1) is 13.2. The van der Waals surface area contributed by atoms with Gasteiger partial charge in [-0.3, -0.25) is 0 Å². The van der Waals surface area contributed by atoms with Crippen LogP contribution in [-0.2, 0) is 10.0 Å². The van der Waals surface area contributed by atoms with Crippen molar-refractivity contribution in [1.29, 1.82) is 5.41 Å². The van der Waals surface area contributed by atoms with E-state index < -0.39 is 10.0 Å². The Morgan fingerprint density at radius 1 is 1.44 bits per heavy atom. The van der Waals surface area contributed by atoms with Crippen molar-refractivity contribution in [2.75, 3.05) is 25.9 Å². The van der Waals surface area contributed by atoms with E-state index in [-0.39, 0.29) is 6.04 Å². The molecular formula is C10H19N3O2S. The summed E-state index contributed by atoms with van der Waals surface area (Å²) in [5.41, 5.74) is 0.498. The fraction of sp³-hybridized carbons (Fsp3) is 0.700. The van der Waals surface area contributed by atoms with Crippen molar-refractivity contribution < 1.29 is 8.42 Å². The molecule has 0 radical (unpaired) electrons. The first-order valence-corrected chi connectivity index (χ1v) is 7.10. The maximum Gasteiger partial charge on any atom is 0.211 e. The topological polar surface area (TPSA) is 64.5 Å². The van der Waals surface area contributed by atoms with Gasteiger partial charge in [-0.1, -0.05) is 0 Å². The Hall–Kier alpha value is -0.880. The average Bonchev–Trinajstić information content (AvgIpc) is 2.12. The zero-order chi connectivity index (χ0) is 12.3. The first-order chi connectivity index (χ1) is 7.30. The molecule has 0 aliphatic carbocycles. The van der Waals surface area contributed by atoms with E-state index in [2.05, 4.69) is 0 Å². The normalized spacial score (nSPS) is 23.9. The predicted octanol–water partition coefficient (Wildman–Crippen LogP) is 0.505. The highest BCUT2D eigenvalue weighted by Gasteiger charge is 2.28. The maximum absolute atomic E-state index is 11.4. The SMILES string of the molecule is CC(=N)/C=C/N1CCN(S(C)(=O)=O)[C@@H](C)C1. The second-order valence-electron chi connectivity index (χ2n) is 4.22. The van der Waals surface area contributed by atoms with Crippen molar-refractivity contribution in [3.63, 3.8) is 0 Å². The van der Waals surface area contributed by atoms with Gasteiger partial charge in [-0.25, -0.2) is 8.42 Å². The van der Waals surface area contributed by atoms with E-state index >= 15 is 0 Å². The van der Waals surface area contributed by atoms with E-state index in [1.165, 1.54) is 10.6 Å². The van der Waals surface area contributed by atoms with E-state index in [4.69, 9.17) is 5.41 Å². The molecule has 0 spiro atoms. The molecule has 0 unspecified atom stereocenters. The summed E-state index contributed by atoms with van der Waals surface area (Å²) in [5.74, 6) is 0. The van der Waals surface area contributed by atoms with Gasteiger partial charge in [0, 0.05) is 37.6 Å². The Morgan fingerprint density at radius 2 is 2.06 bits per heavy atom. The van der Waals surface area contributed by atoms with Crippen LogP contribution in [0.25, 0.3) is 0 Å². The van der Waals surface area contributed by atoms with Crippen molar-refractivity contribution in [3.05, 3.63) is 12.3 Å². The lowest BCUT2D eigenvalue weighted by Crippen LogP contribution is -2.51. The van der Waals surface area contributed by atoms with Gasteiger partial charge in [-0.2, -0.15) is 4.31 Å². The van der Waals surface area contributed by atoms with Crippen molar-refractivity contribution in [1.82, 2.24) is 9.21 Å². The van der Waals surface area contributed by atoms with E-state index in [1.54, 1.807) is 13.0 Å². The van der Waals surface area contributed by atoms with Gasteiger partial charge in [-0.05, 0) is 19.9 Å². The third kappa shape index (κ3) is 3.61. The zero-order valence-corrected chi connectivity index (χ0v) is 10.8. The molecule has 0 aromatic heterocycles. The number of allylic oxidation sites excluding steroid dienone is 1. The zero-order valence-electron chi connectivity index (χ0n) is 9.97. The molecule has 1 fully saturated rings. The summed E-state index contributed by atoms with van der Waals surface area (Å²) in [6, 6.07) is -0.0144. The summed E-state index contributed by atoms with van der Waals surface area (Å²) in [4.78, 5) is 2.05. The van der Waals surface area contributed by atoms with Crippen LogP contribution in [0.1, 0.15) is 13.8 Å². The van der Waals surface area contributed by atoms with Gasteiger partial charge in [0.05, 0.1) is 6.26 Å². The minimum Gasteiger partial charge on any atom is -0.374 e. The van der Waals surface area contributed by atoms with Crippen LogP contribution in [0.3, 0.4) is 0 Å². The predicted molar refractivity (Wildman–Crippen MR) is 65.1 cm³/mol. The lowest BCUT2D eigenvalue weighted by atomic mass is 10.2. The summed E-state index contributed by atoms with van der Waals surface area (Å²) in [6.07, 6.45) is 4.83. The molecule has 1 rings (SSSR count). The highest BCUT2D eigenvalue weighted by atomic mass is 32.2. The van der Waals surface area contributed by atoms with Crippen LogP contribution in [0.4, 0.5) is 0 Å². The summed E-state index contributed by atoms with van der Waals surface area (Å²) >= 11 is 0. The Morgan fingerprint density at radius 3 is 2.50 bits per heavy atom. The number of hydrogen-bond donors (Lipinski definition) is 1. The molecular weight excluding hydrogens is 226 g/mol.